The van der Waals surface area contributed by atoms with E-state index in [0.29, 0.717) is 18.8 Å². The van der Waals surface area contributed by atoms with E-state index in [1.807, 2.05) is 6.92 Å². The second-order valence-corrected chi connectivity index (χ2v) is 6.37. The zero-order valence-corrected chi connectivity index (χ0v) is 12.2. The second kappa shape index (κ2) is 6.32. The molecule has 1 atom stereocenters. The van der Waals surface area contributed by atoms with E-state index >= 15 is 0 Å². The van der Waals surface area contributed by atoms with E-state index in [1.54, 1.807) is 0 Å². The van der Waals surface area contributed by atoms with Crippen molar-refractivity contribution in [3.05, 3.63) is 15.6 Å². The number of carboxylic acids is 2. The fourth-order valence-corrected chi connectivity index (χ4v) is 3.52. The Balaban J connectivity index is 2.05. The van der Waals surface area contributed by atoms with Crippen molar-refractivity contribution < 1.29 is 19.8 Å². The largest absolute Gasteiger partial charge is 0.481 e. The lowest BCUT2D eigenvalue weighted by Crippen LogP contribution is -2.38. The molecule has 0 spiro atoms. The molecule has 0 aliphatic carbocycles. The highest BCUT2D eigenvalue weighted by atomic mass is 32.1. The van der Waals surface area contributed by atoms with Crippen molar-refractivity contribution in [1.29, 1.82) is 0 Å². The van der Waals surface area contributed by atoms with Crippen LogP contribution in [0.1, 0.15) is 28.4 Å². The van der Waals surface area contributed by atoms with Gasteiger partial charge in [0.15, 0.2) is 0 Å². The molecule has 0 bridgehead atoms. The molecule has 110 valence electrons. The summed E-state index contributed by atoms with van der Waals surface area (Å²) in [4.78, 5) is 29.2. The van der Waals surface area contributed by atoms with Gasteiger partial charge in [-0.05, 0) is 26.3 Å². The topological polar surface area (TPSA) is 90.7 Å². The summed E-state index contributed by atoms with van der Waals surface area (Å²) in [6, 6.07) is 0. The minimum absolute atomic E-state index is 0.0735. The number of carbonyl (C=O) groups is 2. The highest BCUT2D eigenvalue weighted by molar-refractivity contribution is 7.11. The fourth-order valence-electron chi connectivity index (χ4n) is 2.52. The molecule has 1 fully saturated rings. The monoisotopic (exact) mass is 298 g/mol. The molecule has 0 aromatic carbocycles. The van der Waals surface area contributed by atoms with Crippen molar-refractivity contribution in [2.24, 2.45) is 5.92 Å². The maximum Gasteiger partial charge on any atom is 0.309 e. The zero-order valence-electron chi connectivity index (χ0n) is 11.3. The van der Waals surface area contributed by atoms with Crippen LogP contribution in [0.3, 0.4) is 0 Å². The molecule has 0 amide bonds. The van der Waals surface area contributed by atoms with Gasteiger partial charge in [-0.3, -0.25) is 14.5 Å². The minimum atomic E-state index is -0.890. The van der Waals surface area contributed by atoms with Gasteiger partial charge in [-0.1, -0.05) is 0 Å². The smallest absolute Gasteiger partial charge is 0.309 e. The van der Waals surface area contributed by atoms with Crippen molar-refractivity contribution >= 4 is 23.3 Å². The Hall–Kier alpha value is -1.47. The molecule has 1 unspecified atom stereocenters. The summed E-state index contributed by atoms with van der Waals surface area (Å²) in [5.74, 6) is -1.96. The first-order chi connectivity index (χ1) is 9.45. The third kappa shape index (κ3) is 3.77. The average molecular weight is 298 g/mol. The van der Waals surface area contributed by atoms with Crippen molar-refractivity contribution in [2.45, 2.75) is 32.7 Å². The van der Waals surface area contributed by atoms with Crippen molar-refractivity contribution in [3.8, 4) is 0 Å². The molecule has 7 heteroatoms. The first kappa shape index (κ1) is 14.9. The van der Waals surface area contributed by atoms with Gasteiger partial charge in [0.05, 0.1) is 23.0 Å². The second-order valence-electron chi connectivity index (χ2n) is 5.09. The number of piperidine rings is 1. The Bertz CT molecular complexity index is 514. The first-order valence-corrected chi connectivity index (χ1v) is 7.39. The summed E-state index contributed by atoms with van der Waals surface area (Å²) < 4.78 is 0. The molecule has 2 rings (SSSR count). The van der Waals surface area contributed by atoms with Gasteiger partial charge in [0.1, 0.15) is 0 Å². The molecule has 0 radical (unpaired) electrons. The van der Waals surface area contributed by atoms with Crippen LogP contribution in [0.15, 0.2) is 0 Å². The number of carboxylic acid groups (broad SMARTS) is 2. The van der Waals surface area contributed by atoms with Gasteiger partial charge in [0.25, 0.3) is 0 Å². The number of hydrogen-bond donors (Lipinski definition) is 2. The molecule has 1 saturated heterocycles. The molecule has 2 heterocycles. The van der Waals surface area contributed by atoms with Crippen LogP contribution in [-0.4, -0.2) is 45.1 Å². The number of aryl methyl sites for hydroxylation is 1. The molecular formula is C13H18N2O4S. The Morgan fingerprint density at radius 3 is 2.85 bits per heavy atom. The van der Waals surface area contributed by atoms with Gasteiger partial charge in [-0.25, -0.2) is 4.98 Å². The summed E-state index contributed by atoms with van der Waals surface area (Å²) in [6.07, 6.45) is 1.51. The third-order valence-corrected chi connectivity index (χ3v) is 4.42. The Kier molecular flexibility index (Phi) is 4.72. The number of rotatable bonds is 5. The summed E-state index contributed by atoms with van der Waals surface area (Å²) in [5, 5.41) is 18.8. The molecule has 0 saturated carbocycles. The van der Waals surface area contributed by atoms with Crippen LogP contribution in [0.4, 0.5) is 0 Å². The number of aliphatic carboxylic acids is 2. The van der Waals surface area contributed by atoms with E-state index < -0.39 is 11.9 Å². The maximum absolute atomic E-state index is 11.1. The standard InChI is InChI=1S/C13H18N2O4S/c1-8-14-10(5-12(16)17)11(20-8)7-15-4-2-3-9(6-15)13(18)19/h9H,2-7H2,1H3,(H,16,17)(H,18,19). The highest BCUT2D eigenvalue weighted by Gasteiger charge is 2.26. The van der Waals surface area contributed by atoms with E-state index in [2.05, 4.69) is 9.88 Å². The van der Waals surface area contributed by atoms with E-state index in [-0.39, 0.29) is 12.3 Å². The average Bonchev–Trinajstić information content (AvgIpc) is 2.68. The summed E-state index contributed by atoms with van der Waals surface area (Å²) in [6.45, 7) is 3.83. The SMILES string of the molecule is Cc1nc(CC(=O)O)c(CN2CCCC(C(=O)O)C2)s1. The van der Waals surface area contributed by atoms with Crippen molar-refractivity contribution in [2.75, 3.05) is 13.1 Å². The van der Waals surface area contributed by atoms with Crippen molar-refractivity contribution in [3.63, 3.8) is 0 Å². The molecule has 6 nitrogen and oxygen atoms in total. The fraction of sp³-hybridized carbons (Fsp3) is 0.615. The quantitative estimate of drug-likeness (QED) is 0.853. The van der Waals surface area contributed by atoms with E-state index in [9.17, 15) is 9.59 Å². The number of aromatic nitrogens is 1. The molecule has 1 aliphatic heterocycles. The Morgan fingerprint density at radius 2 is 2.20 bits per heavy atom. The number of hydrogen-bond acceptors (Lipinski definition) is 5. The minimum Gasteiger partial charge on any atom is -0.481 e. The van der Waals surface area contributed by atoms with Crippen LogP contribution in [0.25, 0.3) is 0 Å². The molecule has 1 aromatic heterocycles. The Morgan fingerprint density at radius 1 is 1.45 bits per heavy atom. The van der Waals surface area contributed by atoms with Crippen LogP contribution in [0, 0.1) is 12.8 Å². The normalized spacial score (nSPS) is 19.9. The zero-order chi connectivity index (χ0) is 14.7. The number of likely N-dealkylation sites (tertiary alicyclic amines) is 1. The molecular weight excluding hydrogens is 280 g/mol. The molecule has 20 heavy (non-hydrogen) atoms. The van der Waals surface area contributed by atoms with Gasteiger partial charge < -0.3 is 10.2 Å². The van der Waals surface area contributed by atoms with E-state index in [1.165, 1.54) is 11.3 Å². The predicted octanol–water partition coefficient (Wildman–Crippen LogP) is 1.38. The van der Waals surface area contributed by atoms with Gasteiger partial charge in [-0.15, -0.1) is 11.3 Å². The van der Waals surface area contributed by atoms with Crippen LogP contribution in [0.2, 0.25) is 0 Å². The lowest BCUT2D eigenvalue weighted by atomic mass is 9.98. The van der Waals surface area contributed by atoms with Gasteiger partial charge in [0, 0.05) is 18.0 Å². The highest BCUT2D eigenvalue weighted by Crippen LogP contribution is 2.24. The lowest BCUT2D eigenvalue weighted by molar-refractivity contribution is -0.143. The lowest BCUT2D eigenvalue weighted by Gasteiger charge is -2.30. The van der Waals surface area contributed by atoms with Gasteiger partial charge >= 0.3 is 11.9 Å². The molecule has 2 N–H and O–H groups in total. The Labute approximate surface area is 121 Å². The predicted molar refractivity (Wildman–Crippen MR) is 73.8 cm³/mol. The van der Waals surface area contributed by atoms with E-state index in [4.69, 9.17) is 10.2 Å². The maximum atomic E-state index is 11.1. The van der Waals surface area contributed by atoms with Crippen LogP contribution < -0.4 is 0 Å². The third-order valence-electron chi connectivity index (χ3n) is 3.43. The molecule has 1 aliphatic rings. The summed E-state index contributed by atoms with van der Waals surface area (Å²) in [5.41, 5.74) is 0.609. The summed E-state index contributed by atoms with van der Waals surface area (Å²) >= 11 is 1.50. The summed E-state index contributed by atoms with van der Waals surface area (Å²) in [7, 11) is 0. The van der Waals surface area contributed by atoms with E-state index in [0.717, 1.165) is 29.3 Å². The molecule has 1 aromatic rings. The number of thiazole rings is 1. The van der Waals surface area contributed by atoms with Crippen LogP contribution in [0.5, 0.6) is 0 Å². The number of nitrogens with zero attached hydrogens (tertiary/aromatic N) is 2. The van der Waals surface area contributed by atoms with Crippen LogP contribution in [-0.2, 0) is 22.6 Å². The van der Waals surface area contributed by atoms with Gasteiger partial charge in [-0.2, -0.15) is 0 Å². The first-order valence-electron chi connectivity index (χ1n) is 6.58. The van der Waals surface area contributed by atoms with Crippen LogP contribution >= 0.6 is 11.3 Å². The van der Waals surface area contributed by atoms with Crippen molar-refractivity contribution in [1.82, 2.24) is 9.88 Å². The van der Waals surface area contributed by atoms with Gasteiger partial charge in [0.2, 0.25) is 0 Å².